The van der Waals surface area contributed by atoms with Crippen LogP contribution in [0.5, 0.6) is 0 Å². The number of fused-ring (bicyclic) bond motifs is 4. The van der Waals surface area contributed by atoms with Gasteiger partial charge in [0.05, 0.1) is 31.3 Å². The van der Waals surface area contributed by atoms with Crippen molar-refractivity contribution in [2.75, 3.05) is 13.2 Å². The molecule has 6 rings (SSSR count). The third kappa shape index (κ3) is 2.21. The van der Waals surface area contributed by atoms with Gasteiger partial charge in [-0.3, -0.25) is 4.79 Å². The zero-order chi connectivity index (χ0) is 22.0. The first kappa shape index (κ1) is 20.6. The molecule has 0 aromatic carbocycles. The van der Waals surface area contributed by atoms with E-state index in [1.807, 2.05) is 13.8 Å². The highest BCUT2D eigenvalue weighted by Gasteiger charge is 2.79. The van der Waals surface area contributed by atoms with Gasteiger partial charge in [0.2, 0.25) is 0 Å². The summed E-state index contributed by atoms with van der Waals surface area (Å²) in [4.78, 5) is 12.0. The quantitative estimate of drug-likeness (QED) is 0.593. The van der Waals surface area contributed by atoms with Gasteiger partial charge < -0.3 is 24.8 Å². The fourth-order valence-electron chi connectivity index (χ4n) is 9.78. The van der Waals surface area contributed by atoms with Crippen molar-refractivity contribution in [3.63, 3.8) is 0 Å². The highest BCUT2D eigenvalue weighted by Crippen LogP contribution is 2.82. The highest BCUT2D eigenvalue weighted by molar-refractivity contribution is 5.69. The van der Waals surface area contributed by atoms with Crippen LogP contribution >= 0.6 is 0 Å². The Balaban J connectivity index is 1.47. The first-order valence-electron chi connectivity index (χ1n) is 12.1. The van der Waals surface area contributed by atoms with Crippen LogP contribution in [0.2, 0.25) is 0 Å². The maximum Gasteiger partial charge on any atom is 0.306 e. The van der Waals surface area contributed by atoms with Gasteiger partial charge in [0.1, 0.15) is 0 Å². The molecule has 3 N–H and O–H groups in total. The van der Waals surface area contributed by atoms with E-state index in [2.05, 4.69) is 13.0 Å². The molecule has 0 bridgehead atoms. The Hall–Kier alpha value is -0.950. The first-order chi connectivity index (χ1) is 14.5. The highest BCUT2D eigenvalue weighted by atomic mass is 16.7. The molecule has 1 heterocycles. The van der Waals surface area contributed by atoms with Crippen LogP contribution in [-0.2, 0) is 14.3 Å². The molecule has 5 fully saturated rings. The fraction of sp³-hybridized carbons (Fsp3) is 0.880. The second-order valence-electron chi connectivity index (χ2n) is 12.0. The predicted molar refractivity (Wildman–Crippen MR) is 112 cm³/mol. The van der Waals surface area contributed by atoms with E-state index in [9.17, 15) is 20.1 Å². The molecule has 31 heavy (non-hydrogen) atoms. The largest absolute Gasteiger partial charge is 0.481 e. The van der Waals surface area contributed by atoms with Crippen LogP contribution in [0.4, 0.5) is 0 Å². The van der Waals surface area contributed by atoms with Crippen molar-refractivity contribution in [3.8, 4) is 0 Å². The van der Waals surface area contributed by atoms with E-state index >= 15 is 0 Å². The number of hydrogen-bond donors (Lipinski definition) is 3. The van der Waals surface area contributed by atoms with Crippen molar-refractivity contribution < 1.29 is 29.6 Å². The summed E-state index contributed by atoms with van der Waals surface area (Å²) in [6.07, 6.45) is 6.86. The molecular formula is C25H36O6. The van der Waals surface area contributed by atoms with Crippen LogP contribution in [0.1, 0.15) is 65.7 Å². The summed E-state index contributed by atoms with van der Waals surface area (Å²) < 4.78 is 12.1. The molecule has 5 aliphatic carbocycles. The van der Waals surface area contributed by atoms with Crippen LogP contribution < -0.4 is 0 Å². The number of rotatable bonds is 3. The van der Waals surface area contributed by atoms with Gasteiger partial charge in [-0.15, -0.1) is 0 Å². The Kier molecular flexibility index (Phi) is 3.95. The maximum absolute atomic E-state index is 12.3. The lowest BCUT2D eigenvalue weighted by Crippen LogP contribution is -2.65. The number of aliphatic carboxylic acids is 1. The molecule has 6 heteroatoms. The van der Waals surface area contributed by atoms with Crippen LogP contribution in [0.3, 0.4) is 0 Å². The van der Waals surface area contributed by atoms with Gasteiger partial charge in [-0.25, -0.2) is 0 Å². The number of hydrogen-bond acceptors (Lipinski definition) is 5. The van der Waals surface area contributed by atoms with Gasteiger partial charge in [0, 0.05) is 16.7 Å². The number of carboxylic acids is 1. The zero-order valence-electron chi connectivity index (χ0n) is 18.9. The Morgan fingerprint density at radius 2 is 1.90 bits per heavy atom. The van der Waals surface area contributed by atoms with Crippen molar-refractivity contribution in [2.45, 2.75) is 83.2 Å². The molecule has 1 saturated heterocycles. The van der Waals surface area contributed by atoms with Crippen molar-refractivity contribution in [2.24, 2.45) is 39.9 Å². The molecule has 0 radical (unpaired) electrons. The number of allylic oxidation sites excluding steroid dienone is 1. The van der Waals surface area contributed by atoms with Crippen molar-refractivity contribution in [1.29, 1.82) is 0 Å². The molecule has 1 spiro atoms. The van der Waals surface area contributed by atoms with Gasteiger partial charge in [0.15, 0.2) is 5.79 Å². The van der Waals surface area contributed by atoms with E-state index in [1.165, 1.54) is 0 Å². The Labute approximate surface area is 184 Å². The molecule has 4 saturated carbocycles. The van der Waals surface area contributed by atoms with Crippen LogP contribution in [0, 0.1) is 39.9 Å². The summed E-state index contributed by atoms with van der Waals surface area (Å²) in [5.74, 6) is -0.973. The molecule has 172 valence electrons. The maximum atomic E-state index is 12.3. The molecule has 0 aromatic heterocycles. The third-order valence-electron chi connectivity index (χ3n) is 11.3. The standard InChI is InChI=1S/C25H36O6/c1-21-7-6-14-11-25(14,21)19(26)10-15-16-4-5-18(23(3)30-8-9-31-23)22(16,2)24(29,12-17(15)21)13-20(27)28/h4,14-15,17-19,26,29H,5-13H2,1-3H3,(H,27,28)/t14?,15-,17-,18-,19+,21+,22-,24-,25-/m0/s1. The van der Waals surface area contributed by atoms with Gasteiger partial charge in [-0.2, -0.15) is 0 Å². The summed E-state index contributed by atoms with van der Waals surface area (Å²) in [7, 11) is 0. The van der Waals surface area contributed by atoms with Gasteiger partial charge in [-0.05, 0) is 68.6 Å². The number of carboxylic acid groups (broad SMARTS) is 1. The molecule has 0 amide bonds. The van der Waals surface area contributed by atoms with Gasteiger partial charge >= 0.3 is 5.97 Å². The molecule has 6 aliphatic rings. The molecule has 9 atom stereocenters. The SMILES string of the molecule is CC1([C@H]2CC=C3[C@@H]4C[C@@H](O)[C@]56CC5CC[C@]6(C)[C@H]4C[C@](O)(CC(=O)O)[C@@]32C)OCCO1. The van der Waals surface area contributed by atoms with E-state index < -0.39 is 22.8 Å². The number of ether oxygens (including phenoxy) is 2. The molecule has 1 aliphatic heterocycles. The molecule has 6 nitrogen and oxygen atoms in total. The number of aliphatic hydroxyl groups excluding tert-OH is 1. The topological polar surface area (TPSA) is 96.2 Å². The van der Waals surface area contributed by atoms with E-state index in [-0.39, 0.29) is 41.1 Å². The second-order valence-corrected chi connectivity index (χ2v) is 12.0. The Bertz CT molecular complexity index is 862. The summed E-state index contributed by atoms with van der Waals surface area (Å²) >= 11 is 0. The normalized spacial score (nSPS) is 56.3. The minimum Gasteiger partial charge on any atom is -0.481 e. The average molecular weight is 433 g/mol. The lowest BCUT2D eigenvalue weighted by Gasteiger charge is -2.64. The summed E-state index contributed by atoms with van der Waals surface area (Å²) in [6.45, 7) is 7.34. The van der Waals surface area contributed by atoms with E-state index in [0.717, 1.165) is 31.3 Å². The first-order valence-corrected chi connectivity index (χ1v) is 12.1. The summed E-state index contributed by atoms with van der Waals surface area (Å²) in [5.41, 5.74) is -1.04. The summed E-state index contributed by atoms with van der Waals surface area (Å²) in [5, 5.41) is 33.5. The van der Waals surface area contributed by atoms with E-state index in [0.29, 0.717) is 32.0 Å². The molecule has 0 aromatic rings. The minimum absolute atomic E-state index is 0.0196. The van der Waals surface area contributed by atoms with E-state index in [1.54, 1.807) is 0 Å². The molecule has 1 unspecified atom stereocenters. The van der Waals surface area contributed by atoms with Crippen LogP contribution in [0.15, 0.2) is 11.6 Å². The predicted octanol–water partition coefficient (Wildman–Crippen LogP) is 3.11. The third-order valence-corrected chi connectivity index (χ3v) is 11.3. The van der Waals surface area contributed by atoms with Gasteiger partial charge in [0.25, 0.3) is 0 Å². The van der Waals surface area contributed by atoms with Crippen LogP contribution in [-0.4, -0.2) is 52.0 Å². The zero-order valence-corrected chi connectivity index (χ0v) is 18.9. The lowest BCUT2D eigenvalue weighted by molar-refractivity contribution is -0.248. The smallest absolute Gasteiger partial charge is 0.306 e. The minimum atomic E-state index is -1.37. The van der Waals surface area contributed by atoms with Crippen molar-refractivity contribution in [3.05, 3.63) is 11.6 Å². The van der Waals surface area contributed by atoms with Crippen molar-refractivity contribution in [1.82, 2.24) is 0 Å². The Morgan fingerprint density at radius 3 is 2.55 bits per heavy atom. The number of aliphatic hydroxyl groups is 2. The average Bonchev–Trinajstić information content (AvgIpc) is 2.93. The monoisotopic (exact) mass is 432 g/mol. The van der Waals surface area contributed by atoms with Crippen LogP contribution in [0.25, 0.3) is 0 Å². The summed E-state index contributed by atoms with van der Waals surface area (Å²) in [6, 6.07) is 0. The molecular weight excluding hydrogens is 396 g/mol. The number of carbonyl (C=O) groups is 1. The second kappa shape index (κ2) is 5.94. The fourth-order valence-corrected chi connectivity index (χ4v) is 9.78. The van der Waals surface area contributed by atoms with Crippen molar-refractivity contribution >= 4 is 5.97 Å². The van der Waals surface area contributed by atoms with Gasteiger partial charge in [-0.1, -0.05) is 25.5 Å². The van der Waals surface area contributed by atoms with E-state index in [4.69, 9.17) is 9.47 Å². The Morgan fingerprint density at radius 1 is 1.19 bits per heavy atom. The lowest BCUT2D eigenvalue weighted by atomic mass is 9.42.